The first-order chi connectivity index (χ1) is 8.26. The molecule has 0 saturated heterocycles. The molecule has 1 N–H and O–H groups in total. The summed E-state index contributed by atoms with van der Waals surface area (Å²) in [4.78, 5) is 11.9. The van der Waals surface area contributed by atoms with Gasteiger partial charge in [-0.3, -0.25) is 4.79 Å². The summed E-state index contributed by atoms with van der Waals surface area (Å²) in [5.74, 6) is 1.66. The van der Waals surface area contributed by atoms with E-state index in [1.54, 1.807) is 7.05 Å². The van der Waals surface area contributed by atoms with E-state index in [1.165, 1.54) is 0 Å². The molecule has 0 bridgehead atoms. The van der Waals surface area contributed by atoms with E-state index < -0.39 is 0 Å². The average Bonchev–Trinajstić information content (AvgIpc) is 2.77. The van der Waals surface area contributed by atoms with Crippen LogP contribution in [0.25, 0.3) is 0 Å². The van der Waals surface area contributed by atoms with Gasteiger partial charge in [-0.1, -0.05) is 13.0 Å². The van der Waals surface area contributed by atoms with E-state index >= 15 is 0 Å². The predicted molar refractivity (Wildman–Crippen MR) is 64.3 cm³/mol. The fourth-order valence-corrected chi connectivity index (χ4v) is 2.00. The number of benzene rings is 1. The summed E-state index contributed by atoms with van der Waals surface area (Å²) in [6.45, 7) is 2.26. The summed E-state index contributed by atoms with van der Waals surface area (Å²) in [7, 11) is 1.79. The van der Waals surface area contributed by atoms with E-state index in [0.29, 0.717) is 12.2 Å². The maximum absolute atomic E-state index is 11.9. The minimum absolute atomic E-state index is 0.203. The zero-order chi connectivity index (χ0) is 12.3. The highest BCUT2D eigenvalue weighted by atomic mass is 16.7. The van der Waals surface area contributed by atoms with Crippen molar-refractivity contribution in [1.82, 2.24) is 5.32 Å². The van der Waals surface area contributed by atoms with E-state index in [-0.39, 0.29) is 18.6 Å². The molecule has 0 aromatic heterocycles. The topological polar surface area (TPSA) is 47.6 Å². The number of hydrogen-bond donors (Lipinski definition) is 1. The first-order valence-corrected chi connectivity index (χ1v) is 5.85. The summed E-state index contributed by atoms with van der Waals surface area (Å²) in [5.41, 5.74) is 0.926. The second-order valence-corrected chi connectivity index (χ2v) is 4.05. The van der Waals surface area contributed by atoms with Gasteiger partial charge in [0.15, 0.2) is 17.3 Å². The van der Waals surface area contributed by atoms with Crippen LogP contribution in [0.4, 0.5) is 0 Å². The van der Waals surface area contributed by atoms with Crippen molar-refractivity contribution in [3.63, 3.8) is 0 Å². The largest absolute Gasteiger partial charge is 0.454 e. The van der Waals surface area contributed by atoms with E-state index in [1.807, 2.05) is 25.1 Å². The van der Waals surface area contributed by atoms with Gasteiger partial charge in [0.1, 0.15) is 0 Å². The molecule has 1 atom stereocenters. The van der Waals surface area contributed by atoms with Crippen LogP contribution < -0.4 is 14.8 Å². The van der Waals surface area contributed by atoms with Crippen LogP contribution in [0.2, 0.25) is 0 Å². The third kappa shape index (κ3) is 2.42. The molecule has 1 aliphatic rings. The van der Waals surface area contributed by atoms with Gasteiger partial charge in [-0.05, 0) is 31.2 Å². The lowest BCUT2D eigenvalue weighted by Gasteiger charge is -2.15. The van der Waals surface area contributed by atoms with Gasteiger partial charge in [0, 0.05) is 6.42 Å². The van der Waals surface area contributed by atoms with Crippen LogP contribution in [-0.2, 0) is 4.79 Å². The van der Waals surface area contributed by atoms with Crippen molar-refractivity contribution in [2.45, 2.75) is 25.8 Å². The van der Waals surface area contributed by atoms with Crippen LogP contribution in [0.5, 0.6) is 11.5 Å². The number of likely N-dealkylation sites (N-methyl/N-ethyl adjacent to an activating group) is 1. The van der Waals surface area contributed by atoms with Gasteiger partial charge in [0.2, 0.25) is 6.79 Å². The zero-order valence-electron chi connectivity index (χ0n) is 10.2. The van der Waals surface area contributed by atoms with Crippen LogP contribution in [-0.4, -0.2) is 19.6 Å². The highest BCUT2D eigenvalue weighted by Gasteiger charge is 2.21. The van der Waals surface area contributed by atoms with Crippen molar-refractivity contribution in [2.75, 3.05) is 13.8 Å². The maximum Gasteiger partial charge on any atom is 0.231 e. The molecule has 0 spiro atoms. The lowest BCUT2D eigenvalue weighted by Crippen LogP contribution is -2.25. The molecule has 4 nitrogen and oxygen atoms in total. The third-order valence-electron chi connectivity index (χ3n) is 2.84. The van der Waals surface area contributed by atoms with Crippen LogP contribution in [0.1, 0.15) is 31.4 Å². The van der Waals surface area contributed by atoms with Crippen molar-refractivity contribution >= 4 is 5.78 Å². The molecule has 0 amide bonds. The molecule has 1 aromatic carbocycles. The standard InChI is InChI=1S/C13H17NO3/c1-3-4-10(15)13(14-2)9-5-6-11-12(7-9)17-8-16-11/h5-7,13-14H,3-4,8H2,1-2H3. The fourth-order valence-electron chi connectivity index (χ4n) is 2.00. The van der Waals surface area contributed by atoms with E-state index in [9.17, 15) is 4.79 Å². The van der Waals surface area contributed by atoms with Crippen molar-refractivity contribution in [2.24, 2.45) is 0 Å². The average molecular weight is 235 g/mol. The van der Waals surface area contributed by atoms with Gasteiger partial charge < -0.3 is 14.8 Å². The van der Waals surface area contributed by atoms with Gasteiger partial charge in [0.05, 0.1) is 6.04 Å². The number of Topliss-reactive ketones (excluding diaryl/α,β-unsaturated/α-hetero) is 1. The fraction of sp³-hybridized carbons (Fsp3) is 0.462. The Labute approximate surface area is 101 Å². The van der Waals surface area contributed by atoms with Crippen LogP contribution in [0.15, 0.2) is 18.2 Å². The second-order valence-electron chi connectivity index (χ2n) is 4.05. The monoisotopic (exact) mass is 235 g/mol. The molecule has 1 aliphatic heterocycles. The smallest absolute Gasteiger partial charge is 0.231 e. The Hall–Kier alpha value is -1.55. The van der Waals surface area contributed by atoms with Gasteiger partial charge in [0.25, 0.3) is 0 Å². The van der Waals surface area contributed by atoms with Crippen molar-refractivity contribution in [3.8, 4) is 11.5 Å². The third-order valence-corrected chi connectivity index (χ3v) is 2.84. The van der Waals surface area contributed by atoms with E-state index in [2.05, 4.69) is 5.32 Å². The lowest BCUT2D eigenvalue weighted by molar-refractivity contribution is -0.121. The van der Waals surface area contributed by atoms with Gasteiger partial charge in [-0.15, -0.1) is 0 Å². The number of carbonyl (C=O) groups is 1. The number of hydrogen-bond acceptors (Lipinski definition) is 4. The van der Waals surface area contributed by atoms with Crippen molar-refractivity contribution < 1.29 is 14.3 Å². The minimum Gasteiger partial charge on any atom is -0.454 e. The Bertz CT molecular complexity index is 417. The summed E-state index contributed by atoms with van der Waals surface area (Å²) in [6, 6.07) is 5.37. The van der Waals surface area contributed by atoms with E-state index in [4.69, 9.17) is 9.47 Å². The maximum atomic E-state index is 11.9. The number of ketones is 1. The van der Waals surface area contributed by atoms with Crippen molar-refractivity contribution in [3.05, 3.63) is 23.8 Å². The zero-order valence-corrected chi connectivity index (χ0v) is 10.2. The van der Waals surface area contributed by atoms with Crippen molar-refractivity contribution in [1.29, 1.82) is 0 Å². The Morgan fingerprint density at radius 2 is 2.18 bits per heavy atom. The summed E-state index contributed by atoms with van der Waals surface area (Å²) in [5, 5.41) is 3.05. The molecule has 0 saturated carbocycles. The van der Waals surface area contributed by atoms with Crippen LogP contribution in [0.3, 0.4) is 0 Å². The normalized spacial score (nSPS) is 14.7. The van der Waals surface area contributed by atoms with Gasteiger partial charge >= 0.3 is 0 Å². The molecule has 0 fully saturated rings. The summed E-state index contributed by atoms with van der Waals surface area (Å²) < 4.78 is 10.6. The lowest BCUT2D eigenvalue weighted by atomic mass is 9.99. The number of rotatable bonds is 5. The predicted octanol–water partition coefficient (Wildman–Crippen LogP) is 2.04. The molecule has 2 rings (SSSR count). The number of carbonyl (C=O) groups excluding carboxylic acids is 1. The number of nitrogens with one attached hydrogen (secondary N) is 1. The van der Waals surface area contributed by atoms with Gasteiger partial charge in [-0.25, -0.2) is 0 Å². The van der Waals surface area contributed by atoms with Crippen LogP contribution in [0, 0.1) is 0 Å². The molecular weight excluding hydrogens is 218 g/mol. The summed E-state index contributed by atoms with van der Waals surface area (Å²) in [6.07, 6.45) is 1.45. The molecule has 4 heteroatoms. The molecule has 1 aromatic rings. The molecule has 1 heterocycles. The second kappa shape index (κ2) is 5.19. The van der Waals surface area contributed by atoms with Gasteiger partial charge in [-0.2, -0.15) is 0 Å². The number of fused-ring (bicyclic) bond motifs is 1. The summed E-state index contributed by atoms with van der Waals surface area (Å²) >= 11 is 0. The minimum atomic E-state index is -0.260. The highest BCUT2D eigenvalue weighted by Crippen LogP contribution is 2.34. The Morgan fingerprint density at radius 3 is 2.88 bits per heavy atom. The Kier molecular flexibility index (Phi) is 3.64. The number of ether oxygens (including phenoxy) is 2. The first-order valence-electron chi connectivity index (χ1n) is 5.85. The molecule has 17 heavy (non-hydrogen) atoms. The highest BCUT2D eigenvalue weighted by molar-refractivity contribution is 5.85. The molecule has 92 valence electrons. The SMILES string of the molecule is CCCC(=O)C(NC)c1ccc2c(c1)OCO2. The molecule has 1 unspecified atom stereocenters. The molecule has 0 radical (unpaired) electrons. The first kappa shape index (κ1) is 11.9. The molecule has 0 aliphatic carbocycles. The quantitative estimate of drug-likeness (QED) is 0.848. The molecular formula is C13H17NO3. The Balaban J connectivity index is 2.22. The van der Waals surface area contributed by atoms with E-state index in [0.717, 1.165) is 17.7 Å². The van der Waals surface area contributed by atoms with Crippen LogP contribution >= 0.6 is 0 Å². The Morgan fingerprint density at radius 1 is 1.41 bits per heavy atom.